The van der Waals surface area contributed by atoms with E-state index in [-0.39, 0.29) is 0 Å². The first-order chi connectivity index (χ1) is 12.7. The van der Waals surface area contributed by atoms with Gasteiger partial charge in [-0.2, -0.15) is 0 Å². The highest BCUT2D eigenvalue weighted by Crippen LogP contribution is 2.37. The largest absolute Gasteiger partial charge is 0.384 e. The van der Waals surface area contributed by atoms with Gasteiger partial charge in [-0.3, -0.25) is 4.99 Å². The predicted molar refractivity (Wildman–Crippen MR) is 105 cm³/mol. The second-order valence-corrected chi connectivity index (χ2v) is 8.72. The topological polar surface area (TPSA) is 45.1 Å². The van der Waals surface area contributed by atoms with Crippen molar-refractivity contribution in [1.82, 2.24) is 4.90 Å². The molecule has 3 fully saturated rings. The third-order valence-electron chi connectivity index (χ3n) is 7.09. The summed E-state index contributed by atoms with van der Waals surface area (Å²) in [5.41, 5.74) is 1.46. The molecule has 4 aliphatic rings. The molecule has 0 amide bonds. The minimum atomic E-state index is -0.745. The molecule has 0 spiro atoms. The Morgan fingerprint density at radius 3 is 2.42 bits per heavy atom. The van der Waals surface area contributed by atoms with E-state index in [9.17, 15) is 5.11 Å². The van der Waals surface area contributed by atoms with Gasteiger partial charge in [-0.05, 0) is 82.4 Å². The van der Waals surface area contributed by atoms with E-state index in [0.29, 0.717) is 12.0 Å². The quantitative estimate of drug-likeness (QED) is 0.830. The van der Waals surface area contributed by atoms with Crippen LogP contribution < -0.4 is 0 Å². The Balaban J connectivity index is 1.29. The molecule has 1 N–H and O–H groups in total. The summed E-state index contributed by atoms with van der Waals surface area (Å²) in [5.74, 6) is 0.697. The molecule has 1 saturated heterocycles. The molecule has 0 aromatic carbocycles. The van der Waals surface area contributed by atoms with Crippen molar-refractivity contribution in [1.29, 1.82) is 0 Å². The standard InChI is InChI=1S/C22H34N2O2/c1-26-20-7-11-22(25,12-8-20)21-6-5-18(16-23-21)15-17-9-13-24(14-10-17)19-3-2-4-19/h6,15-17,19-20,25H,2-5,7-14H2,1H3/b18-15-. The third kappa shape index (κ3) is 3.97. The molecule has 0 radical (unpaired) electrons. The van der Waals surface area contributed by atoms with Gasteiger partial charge in [-0.1, -0.05) is 18.6 Å². The lowest BCUT2D eigenvalue weighted by atomic mass is 9.80. The monoisotopic (exact) mass is 358 g/mol. The summed E-state index contributed by atoms with van der Waals surface area (Å²) < 4.78 is 5.42. The second kappa shape index (κ2) is 7.95. The summed E-state index contributed by atoms with van der Waals surface area (Å²) >= 11 is 0. The van der Waals surface area contributed by atoms with Crippen molar-refractivity contribution in [2.24, 2.45) is 10.9 Å². The Bertz CT molecular complexity index is 575. The highest BCUT2D eigenvalue weighted by molar-refractivity contribution is 5.81. The molecule has 0 unspecified atom stereocenters. The van der Waals surface area contributed by atoms with Crippen LogP contribution in [-0.2, 0) is 4.74 Å². The van der Waals surface area contributed by atoms with E-state index in [4.69, 9.17) is 4.74 Å². The molecule has 2 aliphatic carbocycles. The second-order valence-electron chi connectivity index (χ2n) is 8.72. The SMILES string of the molecule is COC1CCC(O)(C2=CC/C(=C/C3CCN(C4CCC4)CC3)C=N2)CC1. The van der Waals surface area contributed by atoms with Crippen LogP contribution in [0.4, 0.5) is 0 Å². The Morgan fingerprint density at radius 2 is 1.88 bits per heavy atom. The molecule has 4 nitrogen and oxygen atoms in total. The van der Waals surface area contributed by atoms with Crippen LogP contribution in [-0.4, -0.2) is 54.2 Å². The highest BCUT2D eigenvalue weighted by atomic mass is 16.5. The molecular weight excluding hydrogens is 324 g/mol. The van der Waals surface area contributed by atoms with Crippen molar-refractivity contribution in [3.05, 3.63) is 23.4 Å². The van der Waals surface area contributed by atoms with Crippen LogP contribution in [0, 0.1) is 5.92 Å². The maximum absolute atomic E-state index is 11.0. The van der Waals surface area contributed by atoms with E-state index >= 15 is 0 Å². The zero-order valence-electron chi connectivity index (χ0n) is 16.2. The van der Waals surface area contributed by atoms with Crippen molar-refractivity contribution < 1.29 is 9.84 Å². The van der Waals surface area contributed by atoms with E-state index in [1.165, 1.54) is 50.8 Å². The van der Waals surface area contributed by atoms with E-state index in [1.807, 2.05) is 6.21 Å². The van der Waals surface area contributed by atoms with E-state index < -0.39 is 5.60 Å². The van der Waals surface area contributed by atoms with Crippen LogP contribution in [0.15, 0.2) is 28.4 Å². The van der Waals surface area contributed by atoms with Gasteiger partial charge >= 0.3 is 0 Å². The molecule has 0 bridgehead atoms. The van der Waals surface area contributed by atoms with Crippen molar-refractivity contribution in [3.63, 3.8) is 0 Å². The molecule has 2 aliphatic heterocycles. The molecule has 2 saturated carbocycles. The average Bonchev–Trinajstić information content (AvgIpc) is 2.63. The fraction of sp³-hybridized carbons (Fsp3) is 0.773. The van der Waals surface area contributed by atoms with Gasteiger partial charge in [0.1, 0.15) is 5.60 Å². The summed E-state index contributed by atoms with van der Waals surface area (Å²) in [6.45, 7) is 2.52. The Hall–Kier alpha value is -0.970. The first kappa shape index (κ1) is 18.4. The Morgan fingerprint density at radius 1 is 1.15 bits per heavy atom. The van der Waals surface area contributed by atoms with Crippen LogP contribution in [0.1, 0.15) is 64.2 Å². The summed E-state index contributed by atoms with van der Waals surface area (Å²) in [6.07, 6.45) is 18.0. The zero-order valence-corrected chi connectivity index (χ0v) is 16.2. The number of hydrogen-bond donors (Lipinski definition) is 1. The number of aliphatic imine (C=N–C) groups is 1. The molecule has 144 valence electrons. The summed E-state index contributed by atoms with van der Waals surface area (Å²) in [4.78, 5) is 7.36. The van der Waals surface area contributed by atoms with Gasteiger partial charge in [0.25, 0.3) is 0 Å². The third-order valence-corrected chi connectivity index (χ3v) is 7.09. The van der Waals surface area contributed by atoms with E-state index in [2.05, 4.69) is 22.0 Å². The van der Waals surface area contributed by atoms with Gasteiger partial charge in [0.05, 0.1) is 11.8 Å². The lowest BCUT2D eigenvalue weighted by Crippen LogP contribution is -2.44. The number of aliphatic hydroxyl groups is 1. The lowest BCUT2D eigenvalue weighted by molar-refractivity contribution is -0.0211. The number of hydrogen-bond acceptors (Lipinski definition) is 4. The number of nitrogens with zero attached hydrogens (tertiary/aromatic N) is 2. The number of methoxy groups -OCH3 is 1. The number of ether oxygens (including phenoxy) is 1. The number of rotatable bonds is 4. The maximum Gasteiger partial charge on any atom is 0.106 e. The molecule has 0 aromatic rings. The van der Waals surface area contributed by atoms with Gasteiger partial charge in [0.15, 0.2) is 0 Å². The van der Waals surface area contributed by atoms with Crippen molar-refractivity contribution in [2.75, 3.05) is 20.2 Å². The average molecular weight is 359 g/mol. The molecule has 2 heterocycles. The van der Waals surface area contributed by atoms with Gasteiger partial charge in [-0.15, -0.1) is 0 Å². The summed E-state index contributed by atoms with van der Waals surface area (Å²) in [6, 6.07) is 0.888. The summed E-state index contributed by atoms with van der Waals surface area (Å²) in [7, 11) is 1.76. The molecule has 26 heavy (non-hydrogen) atoms. The first-order valence-corrected chi connectivity index (χ1v) is 10.6. The van der Waals surface area contributed by atoms with Crippen LogP contribution in [0.5, 0.6) is 0 Å². The van der Waals surface area contributed by atoms with Crippen LogP contribution in [0.2, 0.25) is 0 Å². The van der Waals surface area contributed by atoms with Crippen LogP contribution in [0.25, 0.3) is 0 Å². The Labute approximate surface area is 158 Å². The number of allylic oxidation sites excluding steroid dienone is 3. The normalized spacial score (nSPS) is 36.2. The molecular formula is C22H34N2O2. The molecule has 4 heteroatoms. The lowest BCUT2D eigenvalue weighted by Gasteiger charge is -2.41. The molecule has 0 aromatic heterocycles. The fourth-order valence-corrected chi connectivity index (χ4v) is 4.96. The minimum Gasteiger partial charge on any atom is -0.384 e. The predicted octanol–water partition coefficient (Wildman–Crippen LogP) is 3.86. The van der Waals surface area contributed by atoms with E-state index in [0.717, 1.165) is 43.8 Å². The van der Waals surface area contributed by atoms with Gasteiger partial charge < -0.3 is 14.7 Å². The Kier molecular flexibility index (Phi) is 5.63. The molecule has 4 rings (SSSR count). The van der Waals surface area contributed by atoms with E-state index in [1.54, 1.807) is 7.11 Å². The van der Waals surface area contributed by atoms with Crippen molar-refractivity contribution >= 4 is 6.21 Å². The fourth-order valence-electron chi connectivity index (χ4n) is 4.96. The van der Waals surface area contributed by atoms with Crippen LogP contribution >= 0.6 is 0 Å². The summed E-state index contributed by atoms with van der Waals surface area (Å²) in [5, 5.41) is 11.0. The number of piperidine rings is 1. The van der Waals surface area contributed by atoms with Crippen LogP contribution in [0.3, 0.4) is 0 Å². The highest BCUT2D eigenvalue weighted by Gasteiger charge is 2.37. The first-order valence-electron chi connectivity index (χ1n) is 10.6. The zero-order chi connectivity index (χ0) is 18.0. The van der Waals surface area contributed by atoms with Gasteiger partial charge in [0.2, 0.25) is 0 Å². The molecule has 0 atom stereocenters. The van der Waals surface area contributed by atoms with Gasteiger partial charge in [-0.25, -0.2) is 0 Å². The number of likely N-dealkylation sites (tertiary alicyclic amines) is 1. The smallest absolute Gasteiger partial charge is 0.106 e. The van der Waals surface area contributed by atoms with Crippen molar-refractivity contribution in [3.8, 4) is 0 Å². The maximum atomic E-state index is 11.0. The minimum absolute atomic E-state index is 0.296. The van der Waals surface area contributed by atoms with Gasteiger partial charge in [0, 0.05) is 19.4 Å². The van der Waals surface area contributed by atoms with Crippen molar-refractivity contribution in [2.45, 2.75) is 82.0 Å².